The highest BCUT2D eigenvalue weighted by Crippen LogP contribution is 2.28. The number of hydrogen-bond acceptors (Lipinski definition) is 3. The van der Waals surface area contributed by atoms with E-state index in [9.17, 15) is 9.59 Å². The lowest BCUT2D eigenvalue weighted by Gasteiger charge is -2.18. The summed E-state index contributed by atoms with van der Waals surface area (Å²) < 4.78 is 5.00. The normalized spacial score (nSPS) is 15.2. The number of carbonyl (C=O) groups excluding carboxylic acids is 2. The van der Waals surface area contributed by atoms with Gasteiger partial charge in [0.25, 0.3) is 0 Å². The molecule has 1 aromatic rings. The highest BCUT2D eigenvalue weighted by Gasteiger charge is 2.23. The summed E-state index contributed by atoms with van der Waals surface area (Å²) in [5.74, 6) is 0.341. The molecule has 0 aliphatic carbocycles. The molecule has 0 unspecified atom stereocenters. The van der Waals surface area contributed by atoms with E-state index in [0.717, 1.165) is 24.2 Å². The van der Waals surface area contributed by atoms with E-state index < -0.39 is 0 Å². The number of amides is 1. The second-order valence-corrected chi connectivity index (χ2v) is 4.19. The lowest BCUT2D eigenvalue weighted by molar-refractivity contribution is -0.131. The minimum atomic E-state index is -0.339. The summed E-state index contributed by atoms with van der Waals surface area (Å²) in [7, 11) is 0. The number of carbonyl (C=O) groups is 2. The van der Waals surface area contributed by atoms with E-state index in [0.29, 0.717) is 12.2 Å². The van der Waals surface area contributed by atoms with Gasteiger partial charge in [0.1, 0.15) is 5.75 Å². The summed E-state index contributed by atoms with van der Waals surface area (Å²) in [5, 5.41) is 0. The Morgan fingerprint density at radius 2 is 2.18 bits per heavy atom. The fraction of sp³-hybridized carbons (Fsp3) is 0.385. The van der Waals surface area contributed by atoms with E-state index in [1.807, 2.05) is 13.0 Å². The zero-order valence-corrected chi connectivity index (χ0v) is 10.0. The number of anilines is 1. The van der Waals surface area contributed by atoms with E-state index in [2.05, 4.69) is 0 Å². The minimum absolute atomic E-state index is 0.160. The molecule has 90 valence electrons. The average molecular weight is 233 g/mol. The van der Waals surface area contributed by atoms with Crippen molar-refractivity contribution in [1.29, 1.82) is 0 Å². The van der Waals surface area contributed by atoms with Crippen molar-refractivity contribution in [2.45, 2.75) is 26.7 Å². The molecule has 0 aromatic heterocycles. The molecule has 0 bridgehead atoms. The van der Waals surface area contributed by atoms with Crippen molar-refractivity contribution in [3.05, 3.63) is 23.8 Å². The fourth-order valence-corrected chi connectivity index (χ4v) is 2.06. The van der Waals surface area contributed by atoms with Crippen molar-refractivity contribution >= 4 is 17.6 Å². The summed E-state index contributed by atoms with van der Waals surface area (Å²) in [6.07, 6.45) is 1.52. The first-order valence-corrected chi connectivity index (χ1v) is 5.67. The molecule has 0 spiro atoms. The van der Waals surface area contributed by atoms with Crippen molar-refractivity contribution in [2.24, 2.45) is 0 Å². The Morgan fingerprint density at radius 3 is 2.71 bits per heavy atom. The van der Waals surface area contributed by atoms with Gasteiger partial charge in [0.05, 0.1) is 0 Å². The van der Waals surface area contributed by atoms with Gasteiger partial charge >= 0.3 is 5.97 Å². The second-order valence-electron chi connectivity index (χ2n) is 4.19. The van der Waals surface area contributed by atoms with Crippen molar-refractivity contribution in [1.82, 2.24) is 0 Å². The number of benzene rings is 1. The number of aryl methyl sites for hydroxylation is 1. The third kappa shape index (κ3) is 2.46. The van der Waals surface area contributed by atoms with Gasteiger partial charge in [-0.05, 0) is 37.1 Å². The first-order chi connectivity index (χ1) is 8.08. The predicted octanol–water partition coefficient (Wildman–Crippen LogP) is 2.05. The maximum Gasteiger partial charge on any atom is 0.308 e. The van der Waals surface area contributed by atoms with Crippen LogP contribution in [0.1, 0.15) is 25.3 Å². The molecule has 0 saturated carbocycles. The molecule has 2 rings (SSSR count). The average Bonchev–Trinajstić information content (AvgIpc) is 2.64. The Kier molecular flexibility index (Phi) is 3.13. The van der Waals surface area contributed by atoms with Crippen LogP contribution in [-0.4, -0.2) is 18.4 Å². The van der Waals surface area contributed by atoms with Gasteiger partial charge in [-0.3, -0.25) is 9.59 Å². The Bertz CT molecular complexity index is 468. The van der Waals surface area contributed by atoms with Crippen molar-refractivity contribution in [3.63, 3.8) is 0 Å². The highest BCUT2D eigenvalue weighted by molar-refractivity contribution is 5.96. The SMILES string of the molecule is CC(=O)Oc1ccc(N2CCCC2=O)c(C)c1. The highest BCUT2D eigenvalue weighted by atomic mass is 16.5. The third-order valence-corrected chi connectivity index (χ3v) is 2.79. The Hall–Kier alpha value is -1.84. The zero-order chi connectivity index (χ0) is 12.4. The summed E-state index contributed by atoms with van der Waals surface area (Å²) in [4.78, 5) is 24.2. The van der Waals surface area contributed by atoms with E-state index in [-0.39, 0.29) is 11.9 Å². The van der Waals surface area contributed by atoms with Gasteiger partial charge in [-0.1, -0.05) is 0 Å². The maximum absolute atomic E-state index is 11.6. The molecule has 1 aliphatic heterocycles. The van der Waals surface area contributed by atoms with Crippen LogP contribution in [0.4, 0.5) is 5.69 Å². The van der Waals surface area contributed by atoms with Crippen LogP contribution in [-0.2, 0) is 9.59 Å². The number of nitrogens with zero attached hydrogens (tertiary/aromatic N) is 1. The van der Waals surface area contributed by atoms with E-state index in [1.165, 1.54) is 6.92 Å². The van der Waals surface area contributed by atoms with Crippen molar-refractivity contribution in [2.75, 3.05) is 11.4 Å². The summed E-state index contributed by atoms with van der Waals surface area (Å²) in [6, 6.07) is 5.33. The number of esters is 1. The molecule has 1 amide bonds. The van der Waals surface area contributed by atoms with E-state index in [1.54, 1.807) is 17.0 Å². The van der Waals surface area contributed by atoms with Gasteiger partial charge in [0, 0.05) is 25.6 Å². The molecule has 1 aromatic carbocycles. The smallest absolute Gasteiger partial charge is 0.308 e. The predicted molar refractivity (Wildman–Crippen MR) is 64.1 cm³/mol. The van der Waals surface area contributed by atoms with Gasteiger partial charge < -0.3 is 9.64 Å². The molecule has 1 aliphatic rings. The van der Waals surface area contributed by atoms with Crippen LogP contribution in [0.5, 0.6) is 5.75 Å². The zero-order valence-electron chi connectivity index (χ0n) is 10.0. The van der Waals surface area contributed by atoms with Gasteiger partial charge in [-0.25, -0.2) is 0 Å². The molecular formula is C13H15NO3. The monoisotopic (exact) mass is 233 g/mol. The number of hydrogen-bond donors (Lipinski definition) is 0. The van der Waals surface area contributed by atoms with Crippen molar-refractivity contribution in [3.8, 4) is 5.75 Å². The summed E-state index contributed by atoms with van der Waals surface area (Å²) in [6.45, 7) is 4.05. The van der Waals surface area contributed by atoms with Crippen molar-refractivity contribution < 1.29 is 14.3 Å². The van der Waals surface area contributed by atoms with Gasteiger partial charge in [0.15, 0.2) is 0 Å². The fourth-order valence-electron chi connectivity index (χ4n) is 2.06. The van der Waals surface area contributed by atoms with Gasteiger partial charge in [-0.15, -0.1) is 0 Å². The molecule has 0 radical (unpaired) electrons. The molecule has 0 N–H and O–H groups in total. The molecule has 1 saturated heterocycles. The number of rotatable bonds is 2. The summed E-state index contributed by atoms with van der Waals surface area (Å²) in [5.41, 5.74) is 1.85. The standard InChI is InChI=1S/C13H15NO3/c1-9-8-11(17-10(2)15)5-6-12(9)14-7-3-4-13(14)16/h5-6,8H,3-4,7H2,1-2H3. The second kappa shape index (κ2) is 4.57. The quantitative estimate of drug-likeness (QED) is 0.580. The molecular weight excluding hydrogens is 218 g/mol. The minimum Gasteiger partial charge on any atom is -0.427 e. The van der Waals surface area contributed by atoms with Crippen LogP contribution in [0.15, 0.2) is 18.2 Å². The summed E-state index contributed by atoms with van der Waals surface area (Å²) >= 11 is 0. The molecule has 1 fully saturated rings. The Balaban J connectivity index is 2.25. The van der Waals surface area contributed by atoms with Gasteiger partial charge in [-0.2, -0.15) is 0 Å². The molecule has 0 atom stereocenters. The van der Waals surface area contributed by atoms with Crippen LogP contribution in [0, 0.1) is 6.92 Å². The molecule has 4 heteroatoms. The third-order valence-electron chi connectivity index (χ3n) is 2.79. The van der Waals surface area contributed by atoms with E-state index in [4.69, 9.17) is 4.74 Å². The van der Waals surface area contributed by atoms with Crippen LogP contribution < -0.4 is 9.64 Å². The number of ether oxygens (including phenoxy) is 1. The Morgan fingerprint density at radius 1 is 1.41 bits per heavy atom. The molecule has 1 heterocycles. The van der Waals surface area contributed by atoms with Crippen LogP contribution in [0.3, 0.4) is 0 Å². The molecule has 17 heavy (non-hydrogen) atoms. The lowest BCUT2D eigenvalue weighted by Crippen LogP contribution is -2.24. The van der Waals surface area contributed by atoms with E-state index >= 15 is 0 Å². The maximum atomic E-state index is 11.6. The largest absolute Gasteiger partial charge is 0.427 e. The topological polar surface area (TPSA) is 46.6 Å². The van der Waals surface area contributed by atoms with Gasteiger partial charge in [0.2, 0.25) is 5.91 Å². The first kappa shape index (κ1) is 11.6. The van der Waals surface area contributed by atoms with Crippen LogP contribution in [0.25, 0.3) is 0 Å². The lowest BCUT2D eigenvalue weighted by atomic mass is 10.1. The Labute approximate surface area is 100 Å². The van der Waals surface area contributed by atoms with Crippen LogP contribution >= 0.6 is 0 Å². The first-order valence-electron chi connectivity index (χ1n) is 5.67. The molecule has 4 nitrogen and oxygen atoms in total. The van der Waals surface area contributed by atoms with Crippen LogP contribution in [0.2, 0.25) is 0 Å².